The molecule has 178 valence electrons. The fourth-order valence-corrected chi connectivity index (χ4v) is 6.30. The second kappa shape index (κ2) is 7.26. The first kappa shape index (κ1) is 23.3. The summed E-state index contributed by atoms with van der Waals surface area (Å²) in [7, 11) is 0. The lowest BCUT2D eigenvalue weighted by molar-refractivity contribution is -0.139. The Morgan fingerprint density at radius 1 is 0.735 bits per heavy atom. The Labute approximate surface area is 204 Å². The summed E-state index contributed by atoms with van der Waals surface area (Å²) in [6, 6.07) is 13.3. The second-order valence-corrected chi connectivity index (χ2v) is 12.8. The molecule has 3 aliphatic carbocycles. The fraction of sp³-hybridized carbons (Fsp3) is 0.500. The number of benzene rings is 2. The number of aryl methyl sites for hydroxylation is 1. The van der Waals surface area contributed by atoms with Crippen molar-refractivity contribution in [2.24, 2.45) is 5.41 Å². The molecule has 1 unspecified atom stereocenters. The molecule has 0 aliphatic heterocycles. The van der Waals surface area contributed by atoms with Gasteiger partial charge in [-0.05, 0) is 59.6 Å². The third kappa shape index (κ3) is 3.44. The molecular formula is C32H38O2. The van der Waals surface area contributed by atoms with Crippen LogP contribution >= 0.6 is 0 Å². The number of hydrogen-bond donors (Lipinski definition) is 0. The van der Waals surface area contributed by atoms with Crippen LogP contribution in [0, 0.1) is 12.3 Å². The van der Waals surface area contributed by atoms with Crippen LogP contribution in [0.3, 0.4) is 0 Å². The van der Waals surface area contributed by atoms with Crippen LogP contribution in [0.4, 0.5) is 0 Å². The lowest BCUT2D eigenvalue weighted by Gasteiger charge is -2.38. The van der Waals surface area contributed by atoms with E-state index in [1.54, 1.807) is 0 Å². The average Bonchev–Trinajstić information content (AvgIpc) is 3.57. The zero-order valence-electron chi connectivity index (χ0n) is 21.8. The van der Waals surface area contributed by atoms with Crippen molar-refractivity contribution in [1.29, 1.82) is 0 Å². The molecule has 0 amide bonds. The van der Waals surface area contributed by atoms with Gasteiger partial charge in [-0.2, -0.15) is 0 Å². The van der Waals surface area contributed by atoms with Gasteiger partial charge in [-0.3, -0.25) is 9.59 Å². The van der Waals surface area contributed by atoms with Gasteiger partial charge in [0, 0.05) is 28.1 Å². The summed E-state index contributed by atoms with van der Waals surface area (Å²) in [5, 5.41) is 0. The Hall–Kier alpha value is -2.48. The highest BCUT2D eigenvalue weighted by Crippen LogP contribution is 2.56. The van der Waals surface area contributed by atoms with E-state index in [1.807, 2.05) is 26.0 Å². The van der Waals surface area contributed by atoms with Gasteiger partial charge in [0.15, 0.2) is 5.78 Å². The molecule has 0 spiro atoms. The molecular weight excluding hydrogens is 416 g/mol. The van der Waals surface area contributed by atoms with Crippen LogP contribution in [0.1, 0.15) is 107 Å². The summed E-state index contributed by atoms with van der Waals surface area (Å²) in [6.45, 7) is 15.4. The number of hydrogen-bond acceptors (Lipinski definition) is 2. The third-order valence-electron chi connectivity index (χ3n) is 8.98. The predicted molar refractivity (Wildman–Crippen MR) is 139 cm³/mol. The normalized spacial score (nSPS) is 25.7. The lowest BCUT2D eigenvalue weighted by Crippen LogP contribution is -2.39. The van der Waals surface area contributed by atoms with Crippen LogP contribution in [0.5, 0.6) is 0 Å². The molecule has 2 aromatic carbocycles. The van der Waals surface area contributed by atoms with Gasteiger partial charge in [-0.25, -0.2) is 0 Å². The topological polar surface area (TPSA) is 34.1 Å². The molecule has 3 aliphatic rings. The number of rotatable bonds is 3. The molecule has 2 aromatic rings. The van der Waals surface area contributed by atoms with Crippen LogP contribution in [0.15, 0.2) is 48.6 Å². The van der Waals surface area contributed by atoms with Crippen molar-refractivity contribution in [2.75, 3.05) is 0 Å². The maximum Gasteiger partial charge on any atom is 0.153 e. The number of carbonyl (C=O) groups excluding carboxylic acids is 2. The first-order chi connectivity index (χ1) is 15.8. The number of ketones is 2. The van der Waals surface area contributed by atoms with E-state index in [1.165, 1.54) is 27.8 Å². The quantitative estimate of drug-likeness (QED) is 0.362. The highest BCUT2D eigenvalue weighted by Gasteiger charge is 2.48. The van der Waals surface area contributed by atoms with E-state index in [0.717, 1.165) is 18.4 Å². The van der Waals surface area contributed by atoms with E-state index in [4.69, 9.17) is 0 Å². The van der Waals surface area contributed by atoms with E-state index < -0.39 is 11.3 Å². The molecule has 0 heterocycles. The van der Waals surface area contributed by atoms with Gasteiger partial charge in [-0.15, -0.1) is 0 Å². The van der Waals surface area contributed by atoms with Crippen LogP contribution in [0.25, 0.3) is 0 Å². The summed E-state index contributed by atoms with van der Waals surface area (Å²) in [5.41, 5.74) is 7.50. The van der Waals surface area contributed by atoms with Crippen molar-refractivity contribution in [3.8, 4) is 0 Å². The Morgan fingerprint density at radius 2 is 1.29 bits per heavy atom. The molecule has 1 atom stereocenters. The molecule has 2 saturated carbocycles. The van der Waals surface area contributed by atoms with Crippen molar-refractivity contribution in [1.82, 2.24) is 0 Å². The van der Waals surface area contributed by atoms with Crippen molar-refractivity contribution in [3.05, 3.63) is 81.9 Å². The minimum Gasteiger partial charge on any atom is -0.299 e. The SMILES string of the molecule is Cc1cc2c(cc1C1(c3ccc(C4C(=O)CCC(C)(C)C4=O)cc3)CC1)C(C)(C)C=CC2(C)C. The first-order valence-corrected chi connectivity index (χ1v) is 12.8. The van der Waals surface area contributed by atoms with Gasteiger partial charge in [0.05, 0.1) is 0 Å². The molecule has 2 heteroatoms. The fourth-order valence-electron chi connectivity index (χ4n) is 6.30. The standard InChI is InChI=1S/C32H38O2/c1-20-18-24-25(30(4,5)15-14-29(24,2)3)19-23(20)32(16-17-32)22-10-8-21(9-11-22)27-26(33)12-13-31(6,7)28(27)34/h8-11,14-15,18-19,27H,12-13,16-17H2,1-7H3. The molecule has 0 bridgehead atoms. The zero-order chi connectivity index (χ0) is 24.7. The lowest BCUT2D eigenvalue weighted by atomic mass is 9.66. The van der Waals surface area contributed by atoms with Gasteiger partial charge in [0.25, 0.3) is 0 Å². The molecule has 5 rings (SSSR count). The van der Waals surface area contributed by atoms with E-state index in [9.17, 15) is 9.59 Å². The highest BCUT2D eigenvalue weighted by atomic mass is 16.2. The van der Waals surface area contributed by atoms with E-state index >= 15 is 0 Å². The molecule has 0 aromatic heterocycles. The van der Waals surface area contributed by atoms with Crippen LogP contribution < -0.4 is 0 Å². The highest BCUT2D eigenvalue weighted by molar-refractivity contribution is 6.11. The first-order valence-electron chi connectivity index (χ1n) is 12.8. The van der Waals surface area contributed by atoms with Crippen LogP contribution in [-0.2, 0) is 25.8 Å². The molecule has 0 saturated heterocycles. The van der Waals surface area contributed by atoms with Gasteiger partial charge in [-0.1, -0.05) is 90.1 Å². The second-order valence-electron chi connectivity index (χ2n) is 12.8. The van der Waals surface area contributed by atoms with Crippen molar-refractivity contribution in [2.45, 2.75) is 96.3 Å². The Bertz CT molecular complexity index is 1220. The zero-order valence-corrected chi connectivity index (χ0v) is 21.8. The third-order valence-corrected chi connectivity index (χ3v) is 8.98. The summed E-state index contributed by atoms with van der Waals surface area (Å²) < 4.78 is 0. The van der Waals surface area contributed by atoms with Crippen LogP contribution in [0.2, 0.25) is 0 Å². The van der Waals surface area contributed by atoms with E-state index in [-0.39, 0.29) is 27.8 Å². The number of carbonyl (C=O) groups is 2. The Balaban J connectivity index is 1.53. The molecule has 0 radical (unpaired) electrons. The molecule has 2 fully saturated rings. The smallest absolute Gasteiger partial charge is 0.153 e. The summed E-state index contributed by atoms with van der Waals surface area (Å²) in [4.78, 5) is 25.7. The largest absolute Gasteiger partial charge is 0.299 e. The summed E-state index contributed by atoms with van der Waals surface area (Å²) in [5.74, 6) is -0.462. The van der Waals surface area contributed by atoms with E-state index in [2.05, 4.69) is 71.0 Å². The van der Waals surface area contributed by atoms with Gasteiger partial charge < -0.3 is 0 Å². The van der Waals surface area contributed by atoms with Gasteiger partial charge in [0.1, 0.15) is 11.7 Å². The number of allylic oxidation sites excluding steroid dienone is 2. The molecule has 0 N–H and O–H groups in total. The minimum absolute atomic E-state index is 0.0156. The van der Waals surface area contributed by atoms with Crippen LogP contribution in [-0.4, -0.2) is 11.6 Å². The number of Topliss-reactive ketones (excluding diaryl/α,β-unsaturated/α-hetero) is 2. The number of fused-ring (bicyclic) bond motifs is 1. The molecule has 34 heavy (non-hydrogen) atoms. The average molecular weight is 455 g/mol. The maximum atomic E-state index is 13.0. The minimum atomic E-state index is -0.603. The van der Waals surface area contributed by atoms with E-state index in [0.29, 0.717) is 12.8 Å². The monoisotopic (exact) mass is 454 g/mol. The molecule has 2 nitrogen and oxygen atoms in total. The summed E-state index contributed by atoms with van der Waals surface area (Å²) in [6.07, 6.45) is 8.14. The Kier molecular flexibility index (Phi) is 4.97. The van der Waals surface area contributed by atoms with Crippen molar-refractivity contribution < 1.29 is 9.59 Å². The predicted octanol–water partition coefficient (Wildman–Crippen LogP) is 7.24. The van der Waals surface area contributed by atoms with Gasteiger partial charge >= 0.3 is 0 Å². The van der Waals surface area contributed by atoms with Crippen molar-refractivity contribution in [3.63, 3.8) is 0 Å². The maximum absolute atomic E-state index is 13.0. The summed E-state index contributed by atoms with van der Waals surface area (Å²) >= 11 is 0. The van der Waals surface area contributed by atoms with Crippen molar-refractivity contribution >= 4 is 11.6 Å². The van der Waals surface area contributed by atoms with Gasteiger partial charge in [0.2, 0.25) is 0 Å². The Morgan fingerprint density at radius 3 is 1.85 bits per heavy atom.